The molecule has 0 saturated heterocycles. The van der Waals surface area contributed by atoms with Gasteiger partial charge in [-0.15, -0.1) is 0 Å². The first kappa shape index (κ1) is 20.8. The molecule has 3 rings (SSSR count). The van der Waals surface area contributed by atoms with Crippen molar-refractivity contribution in [3.05, 3.63) is 53.4 Å². The first-order chi connectivity index (χ1) is 13.2. The first-order valence-corrected chi connectivity index (χ1v) is 12.2. The predicted molar refractivity (Wildman–Crippen MR) is 124 cm³/mol. The van der Waals surface area contributed by atoms with Crippen LogP contribution in [0.15, 0.2) is 58.4 Å². The second-order valence-electron chi connectivity index (χ2n) is 5.62. The van der Waals surface area contributed by atoms with E-state index in [0.29, 0.717) is 16.3 Å². The Labute approximate surface area is 181 Å². The molecule has 0 saturated carbocycles. The average Bonchev–Trinajstić information content (AvgIpc) is 3.33. The van der Waals surface area contributed by atoms with Gasteiger partial charge in [0, 0.05) is 0 Å². The number of nitrogens with zero attached hydrogens (tertiary/aromatic N) is 1. The summed E-state index contributed by atoms with van der Waals surface area (Å²) < 4.78 is 7.87. The van der Waals surface area contributed by atoms with Crippen LogP contribution < -0.4 is 4.74 Å². The van der Waals surface area contributed by atoms with E-state index in [1.54, 1.807) is 47.8 Å². The quantitative estimate of drug-likeness (QED) is 0.138. The summed E-state index contributed by atoms with van der Waals surface area (Å²) in [5, 5.41) is 6.42. The van der Waals surface area contributed by atoms with Gasteiger partial charge in [0.2, 0.25) is 0 Å². The van der Waals surface area contributed by atoms with Crippen molar-refractivity contribution in [1.29, 1.82) is 0 Å². The highest BCUT2D eigenvalue weighted by molar-refractivity contribution is 8.33. The summed E-state index contributed by atoms with van der Waals surface area (Å²) in [6.45, 7) is 2.22. The van der Waals surface area contributed by atoms with Crippen molar-refractivity contribution in [2.24, 2.45) is 4.99 Å². The molecule has 0 spiro atoms. The Balaban J connectivity index is 1.53. The summed E-state index contributed by atoms with van der Waals surface area (Å²) in [6, 6.07) is 6.87. The van der Waals surface area contributed by atoms with Crippen LogP contribution in [0.25, 0.3) is 0 Å². The lowest BCUT2D eigenvalue weighted by molar-refractivity contribution is -0.129. The highest BCUT2D eigenvalue weighted by Gasteiger charge is 2.26. The average molecular weight is 452 g/mol. The molecule has 27 heavy (non-hydrogen) atoms. The molecule has 0 radical (unpaired) electrons. The number of ether oxygens (including phenoxy) is 1. The van der Waals surface area contributed by atoms with Crippen molar-refractivity contribution in [3.8, 4) is 5.75 Å². The zero-order valence-electron chi connectivity index (χ0n) is 14.6. The number of thioether (sulfide) groups is 4. The van der Waals surface area contributed by atoms with Crippen LogP contribution in [-0.4, -0.2) is 11.1 Å². The van der Waals surface area contributed by atoms with Crippen molar-refractivity contribution < 1.29 is 9.53 Å². The van der Waals surface area contributed by atoms with Gasteiger partial charge in [0.15, 0.2) is 0 Å². The molecule has 0 aliphatic carbocycles. The number of allylic oxidation sites excluding steroid dienone is 1. The molecule has 1 aromatic rings. The number of hydrogen-bond acceptors (Lipinski definition) is 8. The molecule has 0 bridgehead atoms. The number of hydrogen-bond donors (Lipinski definition) is 0. The van der Waals surface area contributed by atoms with Gasteiger partial charge in [-0.25, -0.2) is 4.79 Å². The van der Waals surface area contributed by atoms with Crippen molar-refractivity contribution in [2.45, 2.75) is 32.6 Å². The zero-order chi connectivity index (χ0) is 19.1. The van der Waals surface area contributed by atoms with Crippen LogP contribution in [0.3, 0.4) is 0 Å². The summed E-state index contributed by atoms with van der Waals surface area (Å²) in [5.41, 5.74) is 0.680. The van der Waals surface area contributed by atoms with E-state index in [2.05, 4.69) is 34.7 Å². The summed E-state index contributed by atoms with van der Waals surface area (Å²) >= 11 is 11.3. The minimum Gasteiger partial charge on any atom is -0.423 e. The fourth-order valence-electron chi connectivity index (χ4n) is 2.27. The SMILES string of the molecule is CCCCCC1=CS/C(=C2\SC=C(C(=O)Oc3ccc(N=C=S)cc3)S2)S1. The summed E-state index contributed by atoms with van der Waals surface area (Å²) in [7, 11) is 0. The third-order valence-electron chi connectivity index (χ3n) is 3.61. The second-order valence-corrected chi connectivity index (χ2v) is 10.3. The third kappa shape index (κ3) is 6.04. The minimum atomic E-state index is -0.335. The molecular formula is C19H17NO2S5. The topological polar surface area (TPSA) is 38.7 Å². The fraction of sp³-hybridized carbons (Fsp3) is 0.263. The molecule has 2 aliphatic rings. The standard InChI is InChI=1S/C19H17NO2S5/c1-2-3-4-5-15-10-24-18(26-15)19-25-11-16(27-19)17(21)22-14-8-6-13(7-9-14)20-12-23/h6-11H,2-5H2,1H3/b19-18-. The Morgan fingerprint density at radius 3 is 2.59 bits per heavy atom. The van der Waals surface area contributed by atoms with Crippen LogP contribution in [-0.2, 0) is 4.79 Å². The van der Waals surface area contributed by atoms with Crippen LogP contribution in [0.1, 0.15) is 32.6 Å². The Morgan fingerprint density at radius 2 is 1.85 bits per heavy atom. The van der Waals surface area contributed by atoms with Gasteiger partial charge in [-0.05, 0) is 65.0 Å². The van der Waals surface area contributed by atoms with E-state index in [1.807, 2.05) is 17.2 Å². The number of carbonyl (C=O) groups excluding carboxylic acids is 1. The minimum absolute atomic E-state index is 0.335. The van der Waals surface area contributed by atoms with Crippen LogP contribution in [0.5, 0.6) is 5.75 Å². The van der Waals surface area contributed by atoms with Gasteiger partial charge in [-0.2, -0.15) is 4.99 Å². The number of unbranched alkanes of at least 4 members (excludes halogenated alkanes) is 2. The molecule has 1 aromatic carbocycles. The maximum atomic E-state index is 12.4. The zero-order valence-corrected chi connectivity index (χ0v) is 18.7. The molecule has 0 atom stereocenters. The number of aliphatic imine (C=N–C) groups is 1. The van der Waals surface area contributed by atoms with Gasteiger partial charge < -0.3 is 4.74 Å². The Kier molecular flexibility index (Phi) is 8.18. The summed E-state index contributed by atoms with van der Waals surface area (Å²) in [4.78, 5) is 18.3. The van der Waals surface area contributed by atoms with E-state index >= 15 is 0 Å². The summed E-state index contributed by atoms with van der Waals surface area (Å²) in [5.74, 6) is 0.152. The van der Waals surface area contributed by atoms with Gasteiger partial charge in [0.1, 0.15) is 10.7 Å². The largest absolute Gasteiger partial charge is 0.423 e. The highest BCUT2D eigenvalue weighted by Crippen LogP contribution is 2.56. The molecule has 2 heterocycles. The van der Waals surface area contributed by atoms with Crippen LogP contribution >= 0.6 is 59.3 Å². The van der Waals surface area contributed by atoms with Crippen molar-refractivity contribution >= 4 is 76.1 Å². The monoisotopic (exact) mass is 451 g/mol. The maximum absolute atomic E-state index is 12.4. The van der Waals surface area contributed by atoms with Gasteiger partial charge >= 0.3 is 5.97 Å². The van der Waals surface area contributed by atoms with E-state index in [4.69, 9.17) is 4.74 Å². The van der Waals surface area contributed by atoms with Gasteiger partial charge in [0.05, 0.1) is 19.3 Å². The van der Waals surface area contributed by atoms with Crippen molar-refractivity contribution in [3.63, 3.8) is 0 Å². The fourth-order valence-corrected chi connectivity index (χ4v) is 7.22. The number of carbonyl (C=O) groups is 1. The lowest BCUT2D eigenvalue weighted by atomic mass is 10.2. The number of isothiocyanates is 1. The number of esters is 1. The van der Waals surface area contributed by atoms with Crippen LogP contribution in [0, 0.1) is 0 Å². The van der Waals surface area contributed by atoms with E-state index in [-0.39, 0.29) is 5.97 Å². The molecule has 3 nitrogen and oxygen atoms in total. The highest BCUT2D eigenvalue weighted by atomic mass is 32.2. The Hall–Kier alpha value is -0.890. The molecule has 0 N–H and O–H groups in total. The maximum Gasteiger partial charge on any atom is 0.350 e. The van der Waals surface area contributed by atoms with Gasteiger partial charge in [-0.3, -0.25) is 0 Å². The van der Waals surface area contributed by atoms with Gasteiger partial charge in [-0.1, -0.05) is 66.8 Å². The second kappa shape index (κ2) is 10.6. The lowest BCUT2D eigenvalue weighted by Crippen LogP contribution is -2.07. The Morgan fingerprint density at radius 1 is 1.11 bits per heavy atom. The molecule has 0 aromatic heterocycles. The third-order valence-corrected chi connectivity index (χ3v) is 9.06. The van der Waals surface area contributed by atoms with E-state index < -0.39 is 0 Å². The number of benzene rings is 1. The molecule has 2 aliphatic heterocycles. The Bertz CT molecular complexity index is 851. The molecule has 140 valence electrons. The first-order valence-electron chi connectivity index (χ1n) is 8.42. The molecule has 8 heteroatoms. The molecule has 0 amide bonds. The van der Waals surface area contributed by atoms with Crippen LogP contribution in [0.4, 0.5) is 5.69 Å². The normalized spacial score (nSPS) is 18.7. The van der Waals surface area contributed by atoms with Crippen molar-refractivity contribution in [2.75, 3.05) is 0 Å². The number of thiocarbonyl (C=S) groups is 1. The predicted octanol–water partition coefficient (Wildman–Crippen LogP) is 7.68. The molecule has 0 fully saturated rings. The smallest absolute Gasteiger partial charge is 0.350 e. The number of rotatable bonds is 7. The van der Waals surface area contributed by atoms with Crippen LogP contribution in [0.2, 0.25) is 0 Å². The summed E-state index contributed by atoms with van der Waals surface area (Å²) in [6.07, 6.45) is 4.89. The van der Waals surface area contributed by atoms with Gasteiger partial charge in [0.25, 0.3) is 0 Å². The molecule has 0 unspecified atom stereocenters. The van der Waals surface area contributed by atoms with E-state index in [9.17, 15) is 4.79 Å². The molecular weight excluding hydrogens is 435 g/mol. The van der Waals surface area contributed by atoms with Crippen molar-refractivity contribution in [1.82, 2.24) is 0 Å². The van der Waals surface area contributed by atoms with E-state index in [1.165, 1.54) is 40.2 Å². The van der Waals surface area contributed by atoms with E-state index in [0.717, 1.165) is 10.7 Å². The lowest BCUT2D eigenvalue weighted by Gasteiger charge is -2.05.